The fraction of sp³-hybridized carbons (Fsp3) is 0. The van der Waals surface area contributed by atoms with Crippen LogP contribution in [0.5, 0.6) is 0 Å². The first kappa shape index (κ1) is 14.2. The average Bonchev–Trinajstić information content (AvgIpc) is 2.38. The maximum absolute atomic E-state index is 11.2. The largest absolute Gasteiger partial charge is 0.365 e. The van der Waals surface area contributed by atoms with Crippen LogP contribution >= 0.6 is 23.2 Å². The van der Waals surface area contributed by atoms with Gasteiger partial charge in [-0.3, -0.25) is 20.2 Å². The molecule has 0 N–H and O–H groups in total. The Labute approximate surface area is 122 Å². The topological polar surface area (TPSA) is 86.3 Å². The standard InChI is InChI=1S/C12H6Cl2N2O4/c13-8-6-9(14)11(15(17)18)12(16(19)20)10(8)7-4-2-1-3-5-7/h1-6H. The van der Waals surface area contributed by atoms with E-state index in [1.54, 1.807) is 30.3 Å². The van der Waals surface area contributed by atoms with Crippen LogP contribution in [0.1, 0.15) is 0 Å². The lowest BCUT2D eigenvalue weighted by Crippen LogP contribution is -2.00. The molecule has 8 heteroatoms. The minimum Gasteiger partial charge on any atom is -0.258 e. The van der Waals surface area contributed by atoms with Gasteiger partial charge >= 0.3 is 11.4 Å². The minimum absolute atomic E-state index is 0.0153. The molecule has 2 rings (SSSR count). The Morgan fingerprint density at radius 1 is 0.850 bits per heavy atom. The van der Waals surface area contributed by atoms with Crippen LogP contribution in [0.15, 0.2) is 36.4 Å². The van der Waals surface area contributed by atoms with E-state index < -0.39 is 21.2 Å². The third-order valence-electron chi connectivity index (χ3n) is 2.61. The molecule has 0 aromatic heterocycles. The summed E-state index contributed by atoms with van der Waals surface area (Å²) in [7, 11) is 0. The number of hydrogen-bond donors (Lipinski definition) is 0. The van der Waals surface area contributed by atoms with Gasteiger partial charge in [-0.05, 0) is 11.6 Å². The Kier molecular flexibility index (Phi) is 3.87. The van der Waals surface area contributed by atoms with E-state index in [2.05, 4.69) is 0 Å². The van der Waals surface area contributed by atoms with Gasteiger partial charge in [-0.25, -0.2) is 0 Å². The molecule has 0 aliphatic heterocycles. The highest BCUT2D eigenvalue weighted by atomic mass is 35.5. The zero-order valence-corrected chi connectivity index (χ0v) is 11.3. The molecule has 20 heavy (non-hydrogen) atoms. The molecule has 0 unspecified atom stereocenters. The van der Waals surface area contributed by atoms with Crippen molar-refractivity contribution in [3.8, 4) is 11.1 Å². The fourth-order valence-electron chi connectivity index (χ4n) is 1.83. The number of nitro groups is 2. The lowest BCUT2D eigenvalue weighted by atomic mass is 10.0. The van der Waals surface area contributed by atoms with Crippen molar-refractivity contribution in [3.63, 3.8) is 0 Å². The quantitative estimate of drug-likeness (QED) is 0.617. The fourth-order valence-corrected chi connectivity index (χ4v) is 2.46. The first-order valence-corrected chi connectivity index (χ1v) is 6.05. The van der Waals surface area contributed by atoms with Crippen molar-refractivity contribution >= 4 is 34.6 Å². The molecule has 0 aliphatic rings. The van der Waals surface area contributed by atoms with E-state index in [4.69, 9.17) is 23.2 Å². The van der Waals surface area contributed by atoms with E-state index in [1.165, 1.54) is 0 Å². The van der Waals surface area contributed by atoms with E-state index in [0.717, 1.165) is 6.07 Å². The highest BCUT2D eigenvalue weighted by molar-refractivity contribution is 6.38. The molecule has 0 radical (unpaired) electrons. The molecular weight excluding hydrogens is 307 g/mol. The second kappa shape index (κ2) is 5.44. The van der Waals surface area contributed by atoms with Gasteiger partial charge in [-0.1, -0.05) is 53.5 Å². The van der Waals surface area contributed by atoms with Crippen molar-refractivity contribution in [2.24, 2.45) is 0 Å². The molecule has 102 valence electrons. The summed E-state index contributed by atoms with van der Waals surface area (Å²) in [6, 6.07) is 9.30. The van der Waals surface area contributed by atoms with Gasteiger partial charge < -0.3 is 0 Å². The lowest BCUT2D eigenvalue weighted by molar-refractivity contribution is -0.421. The highest BCUT2D eigenvalue weighted by Gasteiger charge is 2.34. The van der Waals surface area contributed by atoms with Crippen molar-refractivity contribution < 1.29 is 9.85 Å². The third-order valence-corrected chi connectivity index (χ3v) is 3.19. The molecule has 0 saturated heterocycles. The van der Waals surface area contributed by atoms with E-state index in [0.29, 0.717) is 5.56 Å². The predicted octanol–water partition coefficient (Wildman–Crippen LogP) is 4.48. The molecule has 0 atom stereocenters. The van der Waals surface area contributed by atoms with Crippen molar-refractivity contribution in [3.05, 3.63) is 66.7 Å². The second-order valence-corrected chi connectivity index (χ2v) is 4.61. The summed E-state index contributed by atoms with van der Waals surface area (Å²) < 4.78 is 0. The average molecular weight is 313 g/mol. The van der Waals surface area contributed by atoms with Crippen molar-refractivity contribution in [1.29, 1.82) is 0 Å². The van der Waals surface area contributed by atoms with Gasteiger partial charge in [0, 0.05) is 0 Å². The molecule has 6 nitrogen and oxygen atoms in total. The van der Waals surface area contributed by atoms with E-state index in [-0.39, 0.29) is 15.6 Å². The number of hydrogen-bond acceptors (Lipinski definition) is 4. The van der Waals surface area contributed by atoms with Crippen molar-refractivity contribution in [1.82, 2.24) is 0 Å². The highest BCUT2D eigenvalue weighted by Crippen LogP contribution is 2.46. The Bertz CT molecular complexity index is 704. The van der Waals surface area contributed by atoms with Gasteiger partial charge in [0.2, 0.25) is 0 Å². The van der Waals surface area contributed by atoms with Gasteiger partial charge in [-0.2, -0.15) is 0 Å². The number of rotatable bonds is 3. The smallest absolute Gasteiger partial charge is 0.258 e. The third kappa shape index (κ3) is 2.43. The molecule has 2 aromatic rings. The summed E-state index contributed by atoms with van der Waals surface area (Å²) in [6.45, 7) is 0. The molecule has 2 aromatic carbocycles. The second-order valence-electron chi connectivity index (χ2n) is 3.79. The number of nitrogens with zero attached hydrogens (tertiary/aromatic N) is 2. The maximum atomic E-state index is 11.2. The van der Waals surface area contributed by atoms with Crippen LogP contribution in [0.2, 0.25) is 10.0 Å². The van der Waals surface area contributed by atoms with Crippen LogP contribution in [0.4, 0.5) is 11.4 Å². The molecule has 0 amide bonds. The van der Waals surface area contributed by atoms with Crippen LogP contribution in [-0.2, 0) is 0 Å². The van der Waals surface area contributed by atoms with Gasteiger partial charge in [0.25, 0.3) is 0 Å². The van der Waals surface area contributed by atoms with Crippen LogP contribution < -0.4 is 0 Å². The van der Waals surface area contributed by atoms with Crippen molar-refractivity contribution in [2.45, 2.75) is 0 Å². The molecule has 0 saturated carbocycles. The van der Waals surface area contributed by atoms with Gasteiger partial charge in [0.05, 0.1) is 20.4 Å². The van der Waals surface area contributed by atoms with Crippen LogP contribution in [-0.4, -0.2) is 9.85 Å². The van der Waals surface area contributed by atoms with Crippen LogP contribution in [0.25, 0.3) is 11.1 Å². The summed E-state index contributed by atoms with van der Waals surface area (Å²) in [4.78, 5) is 20.5. The lowest BCUT2D eigenvalue weighted by Gasteiger charge is -2.07. The Morgan fingerprint density at radius 3 is 1.90 bits per heavy atom. The van der Waals surface area contributed by atoms with Crippen LogP contribution in [0.3, 0.4) is 0 Å². The van der Waals surface area contributed by atoms with E-state index >= 15 is 0 Å². The Balaban J connectivity index is 2.90. The normalized spacial score (nSPS) is 10.3. The summed E-state index contributed by atoms with van der Waals surface area (Å²) in [6.07, 6.45) is 0. The molecule has 0 bridgehead atoms. The van der Waals surface area contributed by atoms with Gasteiger partial charge in [-0.15, -0.1) is 0 Å². The van der Waals surface area contributed by atoms with Crippen molar-refractivity contribution in [2.75, 3.05) is 0 Å². The first-order chi connectivity index (χ1) is 9.43. The summed E-state index contributed by atoms with van der Waals surface area (Å²) in [5.41, 5.74) is -1.09. The minimum atomic E-state index is -0.886. The first-order valence-electron chi connectivity index (χ1n) is 5.29. The summed E-state index contributed by atoms with van der Waals surface area (Å²) in [5.74, 6) is 0. The zero-order valence-electron chi connectivity index (χ0n) is 9.75. The van der Waals surface area contributed by atoms with Crippen LogP contribution in [0, 0.1) is 20.2 Å². The molecular formula is C12H6Cl2N2O4. The molecule has 0 aliphatic carbocycles. The predicted molar refractivity (Wildman–Crippen MR) is 75.2 cm³/mol. The number of halogens is 2. The SMILES string of the molecule is O=[N+]([O-])c1c(Cl)cc(Cl)c(-c2ccccc2)c1[N+](=O)[O-]. The molecule has 0 fully saturated rings. The molecule has 0 heterocycles. The monoisotopic (exact) mass is 312 g/mol. The number of nitro benzene ring substituents is 2. The summed E-state index contributed by atoms with van der Waals surface area (Å²) in [5, 5.41) is 21.8. The number of benzene rings is 2. The van der Waals surface area contributed by atoms with Gasteiger partial charge in [0.1, 0.15) is 5.02 Å². The Hall–Kier alpha value is -2.18. The summed E-state index contributed by atoms with van der Waals surface area (Å²) >= 11 is 11.7. The Morgan fingerprint density at radius 2 is 1.40 bits per heavy atom. The molecule has 0 spiro atoms. The van der Waals surface area contributed by atoms with E-state index in [1.807, 2.05) is 0 Å². The van der Waals surface area contributed by atoms with E-state index in [9.17, 15) is 20.2 Å². The zero-order chi connectivity index (χ0) is 14.9. The van der Waals surface area contributed by atoms with Gasteiger partial charge in [0.15, 0.2) is 0 Å². The maximum Gasteiger partial charge on any atom is 0.365 e.